The fourth-order valence-corrected chi connectivity index (χ4v) is 1.81. The van der Waals surface area contributed by atoms with Crippen LogP contribution in [0.2, 0.25) is 0 Å². The third kappa shape index (κ3) is 3.25. The van der Waals surface area contributed by atoms with Crippen molar-refractivity contribution in [3.8, 4) is 5.75 Å². The highest BCUT2D eigenvalue weighted by atomic mass is 19.4. The highest BCUT2D eigenvalue weighted by Crippen LogP contribution is 2.32. The number of benzene rings is 1. The molecule has 19 heavy (non-hydrogen) atoms. The molecule has 0 fully saturated rings. The van der Waals surface area contributed by atoms with E-state index in [4.69, 9.17) is 0 Å². The van der Waals surface area contributed by atoms with Crippen molar-refractivity contribution in [3.63, 3.8) is 0 Å². The van der Waals surface area contributed by atoms with E-state index >= 15 is 0 Å². The second-order valence-electron chi connectivity index (χ2n) is 3.78. The van der Waals surface area contributed by atoms with Gasteiger partial charge in [-0.1, -0.05) is 18.2 Å². The number of nitrogens with zero attached hydrogens (tertiary/aromatic N) is 1. The Morgan fingerprint density at radius 1 is 1.32 bits per heavy atom. The number of H-pyrrole nitrogens is 1. The maximum atomic E-state index is 12.4. The number of para-hydroxylation sites is 1. The highest BCUT2D eigenvalue weighted by Gasteiger charge is 2.33. The molecule has 2 rings (SSSR count). The first-order valence-electron chi connectivity index (χ1n) is 5.52. The SMILES string of the molecule is CNC(c1ncc[nH]1)c1ccccc1OC(F)(F)F. The molecule has 0 aliphatic carbocycles. The van der Waals surface area contributed by atoms with Crippen molar-refractivity contribution in [1.29, 1.82) is 0 Å². The fraction of sp³-hybridized carbons (Fsp3) is 0.250. The van der Waals surface area contributed by atoms with Crippen LogP contribution < -0.4 is 10.1 Å². The topological polar surface area (TPSA) is 49.9 Å². The number of halogens is 3. The Balaban J connectivity index is 2.38. The summed E-state index contributed by atoms with van der Waals surface area (Å²) in [7, 11) is 1.64. The zero-order chi connectivity index (χ0) is 13.9. The number of hydrogen-bond acceptors (Lipinski definition) is 3. The van der Waals surface area contributed by atoms with Crippen LogP contribution >= 0.6 is 0 Å². The summed E-state index contributed by atoms with van der Waals surface area (Å²) in [5.74, 6) is 0.270. The van der Waals surface area contributed by atoms with Gasteiger partial charge >= 0.3 is 6.36 Å². The van der Waals surface area contributed by atoms with Crippen LogP contribution in [0.4, 0.5) is 13.2 Å². The third-order valence-electron chi connectivity index (χ3n) is 2.54. The smallest absolute Gasteiger partial charge is 0.405 e. The van der Waals surface area contributed by atoms with Crippen LogP contribution in [0, 0.1) is 0 Å². The van der Waals surface area contributed by atoms with Crippen molar-refractivity contribution in [1.82, 2.24) is 15.3 Å². The summed E-state index contributed by atoms with van der Waals surface area (Å²) in [6, 6.07) is 5.46. The van der Waals surface area contributed by atoms with Gasteiger partial charge in [0.15, 0.2) is 0 Å². The zero-order valence-corrected chi connectivity index (χ0v) is 10.0. The fourth-order valence-electron chi connectivity index (χ4n) is 1.81. The monoisotopic (exact) mass is 271 g/mol. The van der Waals surface area contributed by atoms with E-state index in [2.05, 4.69) is 20.0 Å². The van der Waals surface area contributed by atoms with Gasteiger partial charge in [-0.05, 0) is 13.1 Å². The third-order valence-corrected chi connectivity index (χ3v) is 2.54. The minimum Gasteiger partial charge on any atom is -0.405 e. The van der Waals surface area contributed by atoms with Gasteiger partial charge in [0.2, 0.25) is 0 Å². The molecule has 0 radical (unpaired) electrons. The van der Waals surface area contributed by atoms with Gasteiger partial charge in [0.25, 0.3) is 0 Å². The van der Waals surface area contributed by atoms with Crippen molar-refractivity contribution in [2.24, 2.45) is 0 Å². The molecule has 0 bridgehead atoms. The number of alkyl halides is 3. The highest BCUT2D eigenvalue weighted by molar-refractivity contribution is 5.38. The van der Waals surface area contributed by atoms with E-state index in [0.29, 0.717) is 11.4 Å². The molecule has 7 heteroatoms. The summed E-state index contributed by atoms with van der Waals surface area (Å²) in [4.78, 5) is 6.91. The summed E-state index contributed by atoms with van der Waals surface area (Å²) < 4.78 is 41.1. The molecule has 1 aromatic carbocycles. The van der Waals surface area contributed by atoms with Crippen molar-refractivity contribution >= 4 is 0 Å². The minimum absolute atomic E-state index is 0.245. The quantitative estimate of drug-likeness (QED) is 0.898. The van der Waals surface area contributed by atoms with Crippen molar-refractivity contribution < 1.29 is 17.9 Å². The summed E-state index contributed by atoms with van der Waals surface area (Å²) in [5.41, 5.74) is 0.359. The Bertz CT molecular complexity index is 525. The van der Waals surface area contributed by atoms with Gasteiger partial charge in [-0.3, -0.25) is 0 Å². The first kappa shape index (κ1) is 13.4. The number of aromatic nitrogens is 2. The average Bonchev–Trinajstić information content (AvgIpc) is 2.84. The number of aromatic amines is 1. The second-order valence-corrected chi connectivity index (χ2v) is 3.78. The molecule has 0 saturated carbocycles. The molecule has 2 N–H and O–H groups in total. The van der Waals surface area contributed by atoms with Crippen molar-refractivity contribution in [3.05, 3.63) is 48.0 Å². The first-order chi connectivity index (χ1) is 9.01. The Kier molecular flexibility index (Phi) is 3.75. The molecule has 1 aromatic heterocycles. The minimum atomic E-state index is -4.72. The second kappa shape index (κ2) is 5.31. The van der Waals surface area contributed by atoms with E-state index in [-0.39, 0.29) is 5.75 Å². The molecule has 2 aromatic rings. The van der Waals surface area contributed by atoms with Crippen LogP contribution in [-0.2, 0) is 0 Å². The van der Waals surface area contributed by atoms with Gasteiger partial charge < -0.3 is 15.0 Å². The summed E-state index contributed by atoms with van der Waals surface area (Å²) in [5, 5.41) is 2.91. The van der Waals surface area contributed by atoms with E-state index in [1.165, 1.54) is 18.3 Å². The van der Waals surface area contributed by atoms with Gasteiger partial charge in [0.05, 0.1) is 6.04 Å². The Morgan fingerprint density at radius 2 is 2.05 bits per heavy atom. The van der Waals surface area contributed by atoms with Crippen LogP contribution in [0.15, 0.2) is 36.7 Å². The zero-order valence-electron chi connectivity index (χ0n) is 10.0. The summed E-state index contributed by atoms with van der Waals surface area (Å²) in [6.07, 6.45) is -1.59. The van der Waals surface area contributed by atoms with E-state index in [1.54, 1.807) is 25.4 Å². The van der Waals surface area contributed by atoms with Gasteiger partial charge in [-0.15, -0.1) is 13.2 Å². The van der Waals surface area contributed by atoms with Crippen molar-refractivity contribution in [2.45, 2.75) is 12.4 Å². The summed E-state index contributed by atoms with van der Waals surface area (Å²) in [6.45, 7) is 0. The lowest BCUT2D eigenvalue weighted by molar-refractivity contribution is -0.275. The van der Waals surface area contributed by atoms with Crippen LogP contribution in [0.1, 0.15) is 17.4 Å². The molecule has 0 amide bonds. The summed E-state index contributed by atoms with van der Waals surface area (Å²) >= 11 is 0. The van der Waals surface area contributed by atoms with Gasteiger partial charge in [0, 0.05) is 18.0 Å². The average molecular weight is 271 g/mol. The number of hydrogen-bond donors (Lipinski definition) is 2. The molecule has 1 atom stereocenters. The number of ether oxygens (including phenoxy) is 1. The Labute approximate surface area is 107 Å². The van der Waals surface area contributed by atoms with Gasteiger partial charge in [-0.2, -0.15) is 0 Å². The van der Waals surface area contributed by atoms with E-state index in [9.17, 15) is 13.2 Å². The predicted octanol–water partition coefficient (Wildman–Crippen LogP) is 2.62. The van der Waals surface area contributed by atoms with Crippen LogP contribution in [0.5, 0.6) is 5.75 Å². The molecule has 1 heterocycles. The van der Waals surface area contributed by atoms with Crippen LogP contribution in [0.25, 0.3) is 0 Å². The largest absolute Gasteiger partial charge is 0.573 e. The van der Waals surface area contributed by atoms with Crippen LogP contribution in [-0.4, -0.2) is 23.4 Å². The molecule has 0 spiro atoms. The van der Waals surface area contributed by atoms with E-state index in [1.807, 2.05) is 0 Å². The lowest BCUT2D eigenvalue weighted by Gasteiger charge is -2.19. The number of rotatable bonds is 4. The maximum absolute atomic E-state index is 12.4. The van der Waals surface area contributed by atoms with Crippen LogP contribution in [0.3, 0.4) is 0 Å². The van der Waals surface area contributed by atoms with Crippen molar-refractivity contribution in [2.75, 3.05) is 7.05 Å². The lowest BCUT2D eigenvalue weighted by Crippen LogP contribution is -2.23. The molecular weight excluding hydrogens is 259 g/mol. The molecule has 1 unspecified atom stereocenters. The molecule has 4 nitrogen and oxygen atoms in total. The predicted molar refractivity (Wildman–Crippen MR) is 62.6 cm³/mol. The first-order valence-corrected chi connectivity index (χ1v) is 5.52. The number of imidazole rings is 1. The normalized spacial score (nSPS) is 13.3. The molecule has 0 saturated heterocycles. The van der Waals surface area contributed by atoms with E-state index in [0.717, 1.165) is 0 Å². The molecular formula is C12H12F3N3O. The Morgan fingerprint density at radius 3 is 2.63 bits per heavy atom. The Hall–Kier alpha value is -2.02. The van der Waals surface area contributed by atoms with Gasteiger partial charge in [-0.25, -0.2) is 4.98 Å². The number of nitrogens with one attached hydrogen (secondary N) is 2. The van der Waals surface area contributed by atoms with Gasteiger partial charge in [0.1, 0.15) is 11.6 Å². The lowest BCUT2D eigenvalue weighted by atomic mass is 10.1. The maximum Gasteiger partial charge on any atom is 0.573 e. The molecule has 0 aliphatic heterocycles. The molecule has 0 aliphatic rings. The molecule has 102 valence electrons. The standard InChI is InChI=1S/C12H12F3N3O/c1-16-10(11-17-6-7-18-11)8-4-2-3-5-9(8)19-12(13,14)15/h2-7,10,16H,1H3,(H,17,18). The van der Waals surface area contributed by atoms with E-state index < -0.39 is 12.4 Å².